The topological polar surface area (TPSA) is 96.0 Å². The molecular weight excluding hydrogens is 509 g/mol. The summed E-state index contributed by atoms with van der Waals surface area (Å²) in [5, 5.41) is 2.76. The Morgan fingerprint density at radius 2 is 1.53 bits per heavy atom. The van der Waals surface area contributed by atoms with E-state index in [4.69, 9.17) is 4.74 Å². The van der Waals surface area contributed by atoms with Crippen molar-refractivity contribution in [1.29, 1.82) is 0 Å². The van der Waals surface area contributed by atoms with Crippen molar-refractivity contribution < 1.29 is 27.1 Å². The van der Waals surface area contributed by atoms with Crippen molar-refractivity contribution in [2.45, 2.75) is 44.3 Å². The summed E-state index contributed by atoms with van der Waals surface area (Å²) < 4.78 is 48.1. The average Bonchev–Trinajstić information content (AvgIpc) is 2.90. The number of rotatable bonds is 11. The van der Waals surface area contributed by atoms with Gasteiger partial charge in [0.1, 0.15) is 24.2 Å². The van der Waals surface area contributed by atoms with Gasteiger partial charge < -0.3 is 15.0 Å². The normalized spacial score (nSPS) is 12.1. The third-order valence-corrected chi connectivity index (χ3v) is 7.66. The Kier molecular flexibility index (Phi) is 9.46. The van der Waals surface area contributed by atoms with Crippen LogP contribution in [0.15, 0.2) is 83.8 Å². The standard InChI is InChI=1S/C28H32FN3O5S/c1-20(2)30-28(34)21(3)31(18-22-10-8-9-13-26(22)29)27(33)19-32(23-11-6-5-7-12-23)38(35,36)25-16-14-24(37-4)15-17-25/h5-17,20-21H,18-19H2,1-4H3,(H,30,34)/t21-/m1/s1. The number of carbonyl (C=O) groups is 2. The minimum atomic E-state index is -4.20. The predicted octanol–water partition coefficient (Wildman–Crippen LogP) is 3.97. The molecule has 0 unspecified atom stereocenters. The molecule has 0 aliphatic heterocycles. The summed E-state index contributed by atoms with van der Waals surface area (Å²) >= 11 is 0. The predicted molar refractivity (Wildman–Crippen MR) is 144 cm³/mol. The number of ether oxygens (including phenoxy) is 1. The van der Waals surface area contributed by atoms with Crippen LogP contribution in [-0.2, 0) is 26.2 Å². The van der Waals surface area contributed by atoms with E-state index in [1.54, 1.807) is 50.2 Å². The highest BCUT2D eigenvalue weighted by molar-refractivity contribution is 7.92. The number of anilines is 1. The van der Waals surface area contributed by atoms with E-state index in [1.807, 2.05) is 0 Å². The van der Waals surface area contributed by atoms with Crippen molar-refractivity contribution in [2.75, 3.05) is 18.0 Å². The molecule has 2 amide bonds. The van der Waals surface area contributed by atoms with Crippen LogP contribution < -0.4 is 14.4 Å². The number of nitrogens with one attached hydrogen (secondary N) is 1. The fourth-order valence-electron chi connectivity index (χ4n) is 3.80. The van der Waals surface area contributed by atoms with Gasteiger partial charge in [-0.05, 0) is 63.2 Å². The Hall–Kier alpha value is -3.92. The van der Waals surface area contributed by atoms with Crippen LogP contribution in [0, 0.1) is 5.82 Å². The molecule has 0 aliphatic rings. The minimum Gasteiger partial charge on any atom is -0.497 e. The van der Waals surface area contributed by atoms with Crippen LogP contribution in [0.1, 0.15) is 26.3 Å². The molecule has 0 saturated carbocycles. The van der Waals surface area contributed by atoms with Crippen molar-refractivity contribution in [3.63, 3.8) is 0 Å². The van der Waals surface area contributed by atoms with E-state index in [0.717, 1.165) is 4.31 Å². The first-order valence-electron chi connectivity index (χ1n) is 12.1. The lowest BCUT2D eigenvalue weighted by atomic mass is 10.1. The zero-order valence-electron chi connectivity index (χ0n) is 21.8. The molecule has 0 saturated heterocycles. The van der Waals surface area contributed by atoms with Crippen molar-refractivity contribution in [2.24, 2.45) is 0 Å². The molecule has 3 rings (SSSR count). The van der Waals surface area contributed by atoms with Gasteiger partial charge in [-0.2, -0.15) is 0 Å². The second kappa shape index (κ2) is 12.6. The second-order valence-corrected chi connectivity index (χ2v) is 10.8. The molecule has 0 heterocycles. The maximum atomic E-state index is 14.5. The number of carbonyl (C=O) groups excluding carboxylic acids is 2. The summed E-state index contributed by atoms with van der Waals surface area (Å²) in [6, 6.07) is 18.8. The monoisotopic (exact) mass is 541 g/mol. The van der Waals surface area contributed by atoms with Gasteiger partial charge in [0.05, 0.1) is 17.7 Å². The minimum absolute atomic E-state index is 0.0405. The number of halogens is 1. The fraction of sp³-hybridized carbons (Fsp3) is 0.286. The summed E-state index contributed by atoms with van der Waals surface area (Å²) in [5.74, 6) is -1.16. The molecule has 38 heavy (non-hydrogen) atoms. The molecule has 1 atom stereocenters. The molecule has 3 aromatic rings. The molecule has 202 valence electrons. The highest BCUT2D eigenvalue weighted by Crippen LogP contribution is 2.26. The Morgan fingerprint density at radius 3 is 2.11 bits per heavy atom. The Labute approximate surface area is 223 Å². The molecule has 0 radical (unpaired) electrons. The maximum absolute atomic E-state index is 14.5. The van der Waals surface area contributed by atoms with Crippen molar-refractivity contribution in [3.8, 4) is 5.75 Å². The third kappa shape index (κ3) is 6.89. The van der Waals surface area contributed by atoms with Crippen LogP contribution in [0.2, 0.25) is 0 Å². The van der Waals surface area contributed by atoms with E-state index in [2.05, 4.69) is 5.32 Å². The molecule has 3 aromatic carbocycles. The molecule has 0 bridgehead atoms. The number of benzene rings is 3. The first-order valence-corrected chi connectivity index (χ1v) is 13.5. The zero-order valence-corrected chi connectivity index (χ0v) is 22.6. The summed E-state index contributed by atoms with van der Waals surface area (Å²) in [7, 11) is -2.73. The van der Waals surface area contributed by atoms with Gasteiger partial charge in [0.15, 0.2) is 0 Å². The van der Waals surface area contributed by atoms with Gasteiger partial charge in [-0.25, -0.2) is 12.8 Å². The molecule has 8 nitrogen and oxygen atoms in total. The average molecular weight is 542 g/mol. The van der Waals surface area contributed by atoms with E-state index >= 15 is 0 Å². The van der Waals surface area contributed by atoms with E-state index in [-0.39, 0.29) is 28.7 Å². The largest absolute Gasteiger partial charge is 0.497 e. The van der Waals surface area contributed by atoms with Crippen molar-refractivity contribution >= 4 is 27.5 Å². The van der Waals surface area contributed by atoms with Gasteiger partial charge in [-0.1, -0.05) is 36.4 Å². The fourth-order valence-corrected chi connectivity index (χ4v) is 5.21. The van der Waals surface area contributed by atoms with Crippen molar-refractivity contribution in [3.05, 3.63) is 90.2 Å². The summed E-state index contributed by atoms with van der Waals surface area (Å²) in [6.07, 6.45) is 0. The smallest absolute Gasteiger partial charge is 0.264 e. The van der Waals surface area contributed by atoms with E-state index in [1.165, 1.54) is 61.4 Å². The van der Waals surface area contributed by atoms with Gasteiger partial charge in [0.25, 0.3) is 10.0 Å². The molecular formula is C28H32FN3O5S. The number of methoxy groups -OCH3 is 1. The lowest BCUT2D eigenvalue weighted by Crippen LogP contribution is -2.52. The third-order valence-electron chi connectivity index (χ3n) is 5.87. The molecule has 10 heteroatoms. The summed E-state index contributed by atoms with van der Waals surface area (Å²) in [5.41, 5.74) is 0.469. The highest BCUT2D eigenvalue weighted by Gasteiger charge is 2.33. The van der Waals surface area contributed by atoms with Crippen LogP contribution in [0.4, 0.5) is 10.1 Å². The first-order chi connectivity index (χ1) is 18.0. The van der Waals surface area contributed by atoms with Gasteiger partial charge in [-0.3, -0.25) is 13.9 Å². The van der Waals surface area contributed by atoms with E-state index in [0.29, 0.717) is 5.75 Å². The molecule has 0 aromatic heterocycles. The first kappa shape index (κ1) is 28.6. The van der Waals surface area contributed by atoms with Crippen LogP contribution in [-0.4, -0.2) is 50.9 Å². The molecule has 0 aliphatic carbocycles. The number of amides is 2. The number of para-hydroxylation sites is 1. The summed E-state index contributed by atoms with van der Waals surface area (Å²) in [4.78, 5) is 27.8. The number of sulfonamides is 1. The SMILES string of the molecule is COc1ccc(S(=O)(=O)N(CC(=O)N(Cc2ccccc2F)[C@H](C)C(=O)NC(C)C)c2ccccc2)cc1. The quantitative estimate of drug-likeness (QED) is 0.396. The van der Waals surface area contributed by atoms with Crippen LogP contribution in [0.3, 0.4) is 0 Å². The van der Waals surface area contributed by atoms with E-state index < -0.39 is 40.2 Å². The molecule has 0 spiro atoms. The van der Waals surface area contributed by atoms with Gasteiger partial charge in [-0.15, -0.1) is 0 Å². The van der Waals surface area contributed by atoms with Crippen LogP contribution in [0.5, 0.6) is 5.75 Å². The number of hydrogen-bond acceptors (Lipinski definition) is 5. The van der Waals surface area contributed by atoms with Gasteiger partial charge in [0.2, 0.25) is 11.8 Å². The molecule has 0 fully saturated rings. The molecule has 1 N–H and O–H groups in total. The van der Waals surface area contributed by atoms with Crippen LogP contribution in [0.25, 0.3) is 0 Å². The lowest BCUT2D eigenvalue weighted by Gasteiger charge is -2.32. The van der Waals surface area contributed by atoms with Gasteiger partial charge >= 0.3 is 0 Å². The van der Waals surface area contributed by atoms with Crippen LogP contribution >= 0.6 is 0 Å². The zero-order chi connectivity index (χ0) is 27.9. The maximum Gasteiger partial charge on any atom is 0.264 e. The lowest BCUT2D eigenvalue weighted by molar-refractivity contribution is -0.139. The van der Waals surface area contributed by atoms with Gasteiger partial charge in [0, 0.05) is 18.2 Å². The Morgan fingerprint density at radius 1 is 0.921 bits per heavy atom. The summed E-state index contributed by atoms with van der Waals surface area (Å²) in [6.45, 7) is 4.27. The highest BCUT2D eigenvalue weighted by atomic mass is 32.2. The Bertz CT molecular complexity index is 1350. The number of hydrogen-bond donors (Lipinski definition) is 1. The van der Waals surface area contributed by atoms with Crippen molar-refractivity contribution in [1.82, 2.24) is 10.2 Å². The van der Waals surface area contributed by atoms with E-state index in [9.17, 15) is 22.4 Å². The number of nitrogens with zero attached hydrogens (tertiary/aromatic N) is 2. The second-order valence-electron chi connectivity index (χ2n) is 8.98. The Balaban J connectivity index is 2.01.